The Morgan fingerprint density at radius 1 is 1.45 bits per heavy atom. The Bertz CT molecular complexity index is 675. The molecule has 22 heavy (non-hydrogen) atoms. The number of anilines is 1. The highest BCUT2D eigenvalue weighted by atomic mass is 35.5. The molecule has 0 spiro atoms. The third-order valence-electron chi connectivity index (χ3n) is 3.18. The topological polar surface area (TPSA) is 75.7 Å². The number of ether oxygens (including phenoxy) is 1. The van der Waals surface area contributed by atoms with Crippen molar-refractivity contribution >= 4 is 33.2 Å². The molecule has 1 aliphatic rings. The van der Waals surface area contributed by atoms with E-state index in [1.54, 1.807) is 12.1 Å². The van der Waals surface area contributed by atoms with E-state index in [2.05, 4.69) is 5.32 Å². The van der Waals surface area contributed by atoms with Gasteiger partial charge in [0.2, 0.25) is 10.0 Å². The van der Waals surface area contributed by atoms with Crippen molar-refractivity contribution in [2.24, 2.45) is 0 Å². The molecule has 1 amide bonds. The lowest BCUT2D eigenvalue weighted by molar-refractivity contribution is -0.128. The van der Waals surface area contributed by atoms with Crippen molar-refractivity contribution < 1.29 is 17.9 Å². The largest absolute Gasteiger partial charge is 0.478 e. The Kier molecular flexibility index (Phi) is 4.87. The van der Waals surface area contributed by atoms with Crippen molar-refractivity contribution in [1.29, 1.82) is 0 Å². The maximum atomic E-state index is 12.2. The van der Waals surface area contributed by atoms with Gasteiger partial charge in [0.1, 0.15) is 5.75 Å². The second-order valence-corrected chi connectivity index (χ2v) is 7.85. The third kappa shape index (κ3) is 3.84. The third-order valence-corrected chi connectivity index (χ3v) is 4.59. The number of amides is 1. The molecule has 1 aromatic rings. The van der Waals surface area contributed by atoms with Crippen LogP contribution >= 0.6 is 11.6 Å². The minimum absolute atomic E-state index is 0.0185. The van der Waals surface area contributed by atoms with Crippen molar-refractivity contribution in [3.8, 4) is 5.75 Å². The number of carbonyl (C=O) groups excluding carboxylic acids is 1. The number of halogens is 1. The average molecular weight is 347 g/mol. The van der Waals surface area contributed by atoms with Gasteiger partial charge in [0.25, 0.3) is 5.91 Å². The van der Waals surface area contributed by atoms with Gasteiger partial charge in [-0.25, -0.2) is 8.42 Å². The minimum Gasteiger partial charge on any atom is -0.478 e. The van der Waals surface area contributed by atoms with Gasteiger partial charge in [0, 0.05) is 24.0 Å². The molecular formula is C14H19ClN2O4S. The molecule has 0 saturated carbocycles. The Hall–Kier alpha value is -1.47. The summed E-state index contributed by atoms with van der Waals surface area (Å²) in [6.07, 6.45) is 0.637. The second kappa shape index (κ2) is 6.34. The van der Waals surface area contributed by atoms with Crippen molar-refractivity contribution in [3.63, 3.8) is 0 Å². The zero-order valence-corrected chi connectivity index (χ0v) is 14.2. The van der Waals surface area contributed by atoms with Crippen LogP contribution < -0.4 is 14.4 Å². The molecule has 1 heterocycles. The van der Waals surface area contributed by atoms with Crippen LogP contribution in [0.2, 0.25) is 5.02 Å². The molecule has 0 fully saturated rings. The molecule has 1 aliphatic heterocycles. The summed E-state index contributed by atoms with van der Waals surface area (Å²) in [4.78, 5) is 12.2. The highest BCUT2D eigenvalue weighted by molar-refractivity contribution is 7.92. The first kappa shape index (κ1) is 16.9. The van der Waals surface area contributed by atoms with Gasteiger partial charge in [-0.2, -0.15) is 0 Å². The zero-order chi connectivity index (χ0) is 16.5. The van der Waals surface area contributed by atoms with Crippen LogP contribution in [0.15, 0.2) is 18.2 Å². The molecule has 8 heteroatoms. The van der Waals surface area contributed by atoms with Gasteiger partial charge in [-0.3, -0.25) is 9.10 Å². The summed E-state index contributed by atoms with van der Waals surface area (Å²) in [6.45, 7) is 3.86. The number of benzene rings is 1. The van der Waals surface area contributed by atoms with Crippen LogP contribution in [0.1, 0.15) is 20.3 Å². The number of fused-ring (bicyclic) bond motifs is 1. The second-order valence-electron chi connectivity index (χ2n) is 5.51. The summed E-state index contributed by atoms with van der Waals surface area (Å²) in [7, 11) is -3.49. The number of sulfonamides is 1. The molecule has 0 aliphatic carbocycles. The van der Waals surface area contributed by atoms with Gasteiger partial charge in [-0.1, -0.05) is 11.6 Å². The number of nitrogens with zero attached hydrogens (tertiary/aromatic N) is 1. The van der Waals surface area contributed by atoms with Crippen molar-refractivity contribution in [2.45, 2.75) is 32.4 Å². The monoisotopic (exact) mass is 346 g/mol. The zero-order valence-electron chi connectivity index (χ0n) is 12.7. The summed E-state index contributed by atoms with van der Waals surface area (Å²) in [5, 5.41) is 3.18. The van der Waals surface area contributed by atoms with E-state index in [0.29, 0.717) is 16.5 Å². The van der Waals surface area contributed by atoms with Crippen molar-refractivity contribution in [2.75, 3.05) is 17.1 Å². The van der Waals surface area contributed by atoms with Crippen LogP contribution in [0.5, 0.6) is 5.75 Å². The Labute approximate surface area is 135 Å². The van der Waals surface area contributed by atoms with Crippen molar-refractivity contribution in [1.82, 2.24) is 5.32 Å². The lowest BCUT2D eigenvalue weighted by Gasteiger charge is -2.21. The van der Waals surface area contributed by atoms with Crippen LogP contribution in [-0.4, -0.2) is 39.3 Å². The molecular weight excluding hydrogens is 328 g/mol. The molecule has 122 valence electrons. The van der Waals surface area contributed by atoms with E-state index < -0.39 is 16.1 Å². The Morgan fingerprint density at radius 2 is 2.14 bits per heavy atom. The van der Waals surface area contributed by atoms with E-state index >= 15 is 0 Å². The number of nitrogens with one attached hydrogen (secondary N) is 1. The molecule has 0 bridgehead atoms. The number of hydrogen-bond donors (Lipinski definition) is 1. The van der Waals surface area contributed by atoms with E-state index in [1.165, 1.54) is 10.4 Å². The summed E-state index contributed by atoms with van der Waals surface area (Å²) in [6, 6.07) is 4.69. The van der Waals surface area contributed by atoms with Gasteiger partial charge in [0.05, 0.1) is 11.9 Å². The van der Waals surface area contributed by atoms with E-state index in [1.807, 2.05) is 13.8 Å². The maximum Gasteiger partial charge on any atom is 0.261 e. The highest BCUT2D eigenvalue weighted by Crippen LogP contribution is 2.36. The SMILES string of the molecule is CC(C)NC(=O)[C@@H]1CCN(S(C)(=O)=O)c2cc(Cl)ccc2O1. The Balaban J connectivity index is 2.38. The molecule has 0 aromatic heterocycles. The molecule has 0 unspecified atom stereocenters. The first-order valence-corrected chi connectivity index (χ1v) is 9.15. The summed E-state index contributed by atoms with van der Waals surface area (Å²) < 4.78 is 30.9. The normalized spacial score (nSPS) is 18.4. The fraction of sp³-hybridized carbons (Fsp3) is 0.500. The van der Waals surface area contributed by atoms with E-state index in [0.717, 1.165) is 6.26 Å². The standard InChI is InChI=1S/C14H19ClN2O4S/c1-9(2)16-14(18)13-6-7-17(22(3,19)20)11-8-10(15)4-5-12(11)21-13/h4-5,8-9,13H,6-7H2,1-3H3,(H,16,18)/t13-/m0/s1. The predicted octanol–water partition coefficient (Wildman–Crippen LogP) is 1.78. The summed E-state index contributed by atoms with van der Waals surface area (Å²) >= 11 is 5.96. The summed E-state index contributed by atoms with van der Waals surface area (Å²) in [5.41, 5.74) is 0.356. The number of rotatable bonds is 3. The fourth-order valence-electron chi connectivity index (χ4n) is 2.26. The average Bonchev–Trinajstić information content (AvgIpc) is 2.56. The molecule has 2 rings (SSSR count). The summed E-state index contributed by atoms with van der Waals surface area (Å²) in [5.74, 6) is 0.0717. The van der Waals surface area contributed by atoms with E-state index in [9.17, 15) is 13.2 Å². The van der Waals surface area contributed by atoms with Crippen LogP contribution in [-0.2, 0) is 14.8 Å². The quantitative estimate of drug-likeness (QED) is 0.905. The van der Waals surface area contributed by atoms with Crippen LogP contribution in [0, 0.1) is 0 Å². The van der Waals surface area contributed by atoms with E-state index in [4.69, 9.17) is 16.3 Å². The van der Waals surface area contributed by atoms with Crippen LogP contribution in [0.3, 0.4) is 0 Å². The minimum atomic E-state index is -3.49. The predicted molar refractivity (Wildman–Crippen MR) is 86.0 cm³/mol. The lowest BCUT2D eigenvalue weighted by Crippen LogP contribution is -2.42. The molecule has 1 aromatic carbocycles. The first-order chi connectivity index (χ1) is 10.2. The number of hydrogen-bond acceptors (Lipinski definition) is 4. The van der Waals surface area contributed by atoms with E-state index in [-0.39, 0.29) is 24.9 Å². The van der Waals surface area contributed by atoms with Crippen LogP contribution in [0.25, 0.3) is 0 Å². The lowest BCUT2D eigenvalue weighted by atomic mass is 10.2. The van der Waals surface area contributed by atoms with Crippen molar-refractivity contribution in [3.05, 3.63) is 23.2 Å². The maximum absolute atomic E-state index is 12.2. The van der Waals surface area contributed by atoms with Gasteiger partial charge < -0.3 is 10.1 Å². The molecule has 0 saturated heterocycles. The van der Waals surface area contributed by atoms with Gasteiger partial charge in [-0.15, -0.1) is 0 Å². The Morgan fingerprint density at radius 3 is 2.73 bits per heavy atom. The van der Waals surface area contributed by atoms with Gasteiger partial charge in [0.15, 0.2) is 6.10 Å². The highest BCUT2D eigenvalue weighted by Gasteiger charge is 2.31. The smallest absolute Gasteiger partial charge is 0.261 e. The molecule has 1 atom stereocenters. The fourth-order valence-corrected chi connectivity index (χ4v) is 3.36. The van der Waals surface area contributed by atoms with Gasteiger partial charge >= 0.3 is 0 Å². The molecule has 0 radical (unpaired) electrons. The number of carbonyl (C=O) groups is 1. The first-order valence-electron chi connectivity index (χ1n) is 6.93. The van der Waals surface area contributed by atoms with Gasteiger partial charge in [-0.05, 0) is 32.0 Å². The molecule has 1 N–H and O–H groups in total. The van der Waals surface area contributed by atoms with Crippen LogP contribution in [0.4, 0.5) is 5.69 Å². The molecule has 6 nitrogen and oxygen atoms in total.